The van der Waals surface area contributed by atoms with Gasteiger partial charge in [0.2, 0.25) is 12.0 Å². The third kappa shape index (κ3) is 6.71. The van der Waals surface area contributed by atoms with E-state index >= 15 is 0 Å². The summed E-state index contributed by atoms with van der Waals surface area (Å²) in [5, 5.41) is 141. The molecule has 13 N–H and O–H groups in total. The van der Waals surface area contributed by atoms with Crippen molar-refractivity contribution in [2.24, 2.45) is 47.3 Å². The number of carbonyl (C=O) groups excluding carboxylic acids is 4. The van der Waals surface area contributed by atoms with Gasteiger partial charge in [0.15, 0.2) is 11.9 Å². The number of ether oxygens (including phenoxy) is 5. The van der Waals surface area contributed by atoms with Crippen LogP contribution in [-0.4, -0.2) is 189 Å². The first-order chi connectivity index (χ1) is 26.3. The lowest BCUT2D eigenvalue weighted by molar-refractivity contribution is -0.229. The van der Waals surface area contributed by atoms with Crippen LogP contribution in [0.3, 0.4) is 0 Å². The zero-order valence-corrected chi connectivity index (χ0v) is 29.3. The van der Waals surface area contributed by atoms with Crippen molar-refractivity contribution in [1.82, 2.24) is 0 Å². The lowest BCUT2D eigenvalue weighted by Crippen LogP contribution is -2.63. The zero-order chi connectivity index (χ0) is 40.8. The highest BCUT2D eigenvalue weighted by molar-refractivity contribution is 5.79. The van der Waals surface area contributed by atoms with Crippen LogP contribution in [0.4, 0.5) is 0 Å². The van der Waals surface area contributed by atoms with Gasteiger partial charge in [-0.1, -0.05) is 0 Å². The Kier molecular flexibility index (Phi) is 11.3. The molecule has 1 saturated heterocycles. The van der Waals surface area contributed by atoms with Crippen molar-refractivity contribution in [2.75, 3.05) is 6.61 Å². The van der Waals surface area contributed by atoms with Crippen LogP contribution < -0.4 is 0 Å². The monoisotopic (exact) mass is 806 g/mol. The Labute approximate surface area is 316 Å². The van der Waals surface area contributed by atoms with Crippen LogP contribution in [0.15, 0.2) is 11.5 Å². The number of hydrogen-bond acceptors (Lipinski definition) is 22. The molecule has 5 fully saturated rings. The highest BCUT2D eigenvalue weighted by atomic mass is 16.7. The molecule has 3 heterocycles. The molecule has 0 aromatic rings. The van der Waals surface area contributed by atoms with E-state index in [-0.39, 0.29) is 0 Å². The molecule has 23 unspecified atom stereocenters. The molecule has 7 aliphatic rings. The van der Waals surface area contributed by atoms with Crippen LogP contribution in [0.1, 0.15) is 25.7 Å². The van der Waals surface area contributed by atoms with Crippen molar-refractivity contribution in [2.45, 2.75) is 117 Å². The Balaban J connectivity index is 1.33. The van der Waals surface area contributed by atoms with Crippen LogP contribution in [-0.2, 0) is 42.9 Å². The van der Waals surface area contributed by atoms with Gasteiger partial charge in [0.05, 0.1) is 72.5 Å². The minimum Gasteiger partial charge on any atom is -0.463 e. The maximum Gasteiger partial charge on any atom is 0.314 e. The molecule has 4 saturated carbocycles. The molecule has 23 atom stereocenters. The van der Waals surface area contributed by atoms with Crippen molar-refractivity contribution in [3.8, 4) is 0 Å². The van der Waals surface area contributed by atoms with Crippen LogP contribution in [0, 0.1) is 47.3 Å². The number of fused-ring (bicyclic) bond motifs is 8. The van der Waals surface area contributed by atoms with Crippen molar-refractivity contribution in [3.05, 3.63) is 11.5 Å². The summed E-state index contributed by atoms with van der Waals surface area (Å²) in [5.74, 6) is -20.4. The molecule has 4 aliphatic carbocycles. The summed E-state index contributed by atoms with van der Waals surface area (Å²) in [6, 6.07) is 0. The number of aliphatic hydroxyl groups is 13. The minimum absolute atomic E-state index is 0.566. The first-order valence-electron chi connectivity index (χ1n) is 18.4. The highest BCUT2D eigenvalue weighted by Crippen LogP contribution is 2.50. The normalized spacial score (nSPS) is 52.8. The number of esters is 4. The number of carbonyl (C=O) groups is 4. The van der Waals surface area contributed by atoms with Gasteiger partial charge in [0.25, 0.3) is 0 Å². The first kappa shape index (κ1) is 41.2. The standard InChI is InChI=1S/C34H46O22/c35-10-1-6-15(23(43)19(10)39)16-7(2-11(36)20(40)24(16)44)31(48)54-27-14(5-52-30(6)47)53-34(51)29-28(27)55-32(49)8-3-12(37)21(41)25(45)17(8)18-9(33(50)56-29)4-13(38)22(42)26(18)46/h6-27,34-46,51H,1-5H2. The smallest absolute Gasteiger partial charge is 0.314 e. The van der Waals surface area contributed by atoms with Crippen LogP contribution >= 0.6 is 0 Å². The average molecular weight is 807 g/mol. The second kappa shape index (κ2) is 15.3. The van der Waals surface area contributed by atoms with Gasteiger partial charge >= 0.3 is 23.9 Å². The molecule has 0 bridgehead atoms. The molecule has 22 heteroatoms. The van der Waals surface area contributed by atoms with E-state index in [1.807, 2.05) is 0 Å². The number of cyclic esters (lactones) is 1. The zero-order valence-electron chi connectivity index (χ0n) is 29.3. The van der Waals surface area contributed by atoms with Crippen molar-refractivity contribution in [3.63, 3.8) is 0 Å². The van der Waals surface area contributed by atoms with Gasteiger partial charge < -0.3 is 90.1 Å². The second-order valence-electron chi connectivity index (χ2n) is 16.0. The molecule has 0 amide bonds. The summed E-state index contributed by atoms with van der Waals surface area (Å²) in [7, 11) is 0. The van der Waals surface area contributed by atoms with E-state index in [0.717, 1.165) is 0 Å². The predicted octanol–water partition coefficient (Wildman–Crippen LogP) is -7.64. The minimum atomic E-state index is -2.37. The fourth-order valence-corrected chi connectivity index (χ4v) is 10.0. The second-order valence-corrected chi connectivity index (χ2v) is 16.0. The molecule has 3 aliphatic heterocycles. The largest absolute Gasteiger partial charge is 0.463 e. The molecular weight excluding hydrogens is 760 g/mol. The Morgan fingerprint density at radius 3 is 1.14 bits per heavy atom. The van der Waals surface area contributed by atoms with Gasteiger partial charge in [-0.3, -0.25) is 19.2 Å². The van der Waals surface area contributed by atoms with Gasteiger partial charge in [-0.2, -0.15) is 0 Å². The summed E-state index contributed by atoms with van der Waals surface area (Å²) in [6.07, 6.45) is -31.7. The van der Waals surface area contributed by atoms with Gasteiger partial charge in [-0.15, -0.1) is 0 Å². The summed E-state index contributed by atoms with van der Waals surface area (Å²) >= 11 is 0. The fraction of sp³-hybridized carbons (Fsp3) is 0.824. The molecule has 0 aromatic heterocycles. The number of rotatable bonds is 0. The average Bonchev–Trinajstić information content (AvgIpc) is 3.16. The molecular formula is C34H46O22. The maximum atomic E-state index is 14.3. The lowest BCUT2D eigenvalue weighted by atomic mass is 9.59. The quantitative estimate of drug-likeness (QED) is 0.0798. The SMILES string of the molecule is O=C1OCC2OC(O)C3=C(OC(=O)C4CC(O)C(O)C(O)C4C4C(CC(O)C(O)C4O)C(=O)O3)C2OC(=O)C2CC(O)C(O)C(O)C2C2C1CC(O)C(O)C2O. The molecule has 0 radical (unpaired) electrons. The van der Waals surface area contributed by atoms with Gasteiger partial charge in [-0.25, -0.2) is 0 Å². The van der Waals surface area contributed by atoms with Crippen LogP contribution in [0.2, 0.25) is 0 Å². The Morgan fingerprint density at radius 2 is 0.750 bits per heavy atom. The van der Waals surface area contributed by atoms with Crippen molar-refractivity contribution in [1.29, 1.82) is 0 Å². The summed E-state index contributed by atoms with van der Waals surface area (Å²) in [5.41, 5.74) is 0. The molecule has 0 aromatic carbocycles. The Hall–Kier alpha value is -2.94. The van der Waals surface area contributed by atoms with E-state index in [4.69, 9.17) is 23.7 Å². The first-order valence-corrected chi connectivity index (χ1v) is 18.4. The van der Waals surface area contributed by atoms with E-state index in [2.05, 4.69) is 0 Å². The van der Waals surface area contributed by atoms with E-state index < -0.39 is 207 Å². The van der Waals surface area contributed by atoms with Gasteiger partial charge in [-0.05, 0) is 25.7 Å². The number of aliphatic hydroxyl groups excluding tert-OH is 13. The summed E-state index contributed by atoms with van der Waals surface area (Å²) in [4.78, 5) is 56.1. The maximum absolute atomic E-state index is 14.3. The summed E-state index contributed by atoms with van der Waals surface area (Å²) in [6.45, 7) is -0.937. The lowest BCUT2D eigenvalue weighted by Gasteiger charge is -2.50. The van der Waals surface area contributed by atoms with Crippen molar-refractivity contribution < 1.29 is 109 Å². The van der Waals surface area contributed by atoms with E-state index in [1.165, 1.54) is 0 Å². The van der Waals surface area contributed by atoms with Gasteiger partial charge in [0, 0.05) is 23.7 Å². The topological polar surface area (TPSA) is 377 Å². The van der Waals surface area contributed by atoms with E-state index in [1.54, 1.807) is 0 Å². The summed E-state index contributed by atoms with van der Waals surface area (Å²) < 4.78 is 27.9. The molecule has 0 spiro atoms. The fourth-order valence-electron chi connectivity index (χ4n) is 10.0. The highest BCUT2D eigenvalue weighted by Gasteiger charge is 2.62. The third-order valence-corrected chi connectivity index (χ3v) is 12.9. The predicted molar refractivity (Wildman–Crippen MR) is 169 cm³/mol. The Bertz CT molecular complexity index is 1590. The molecule has 314 valence electrons. The van der Waals surface area contributed by atoms with Gasteiger partial charge in [0.1, 0.15) is 37.1 Å². The van der Waals surface area contributed by atoms with E-state index in [0.29, 0.717) is 0 Å². The van der Waals surface area contributed by atoms with Crippen LogP contribution in [0.5, 0.6) is 0 Å². The number of hydrogen-bond donors (Lipinski definition) is 13. The molecule has 22 nitrogen and oxygen atoms in total. The Morgan fingerprint density at radius 1 is 0.411 bits per heavy atom. The van der Waals surface area contributed by atoms with Crippen molar-refractivity contribution >= 4 is 23.9 Å². The van der Waals surface area contributed by atoms with E-state index in [9.17, 15) is 85.6 Å². The molecule has 56 heavy (non-hydrogen) atoms. The molecule has 7 rings (SSSR count). The third-order valence-electron chi connectivity index (χ3n) is 12.9. The van der Waals surface area contributed by atoms with Crippen LogP contribution in [0.25, 0.3) is 0 Å².